The zero-order chi connectivity index (χ0) is 21.9. The molecule has 1 heterocycles. The molecule has 1 fully saturated rings. The minimum Gasteiger partial charge on any atom is -0.392 e. The molecule has 0 aliphatic heterocycles. The average Bonchev–Trinajstić information content (AvgIpc) is 2.78. The molecule has 0 radical (unpaired) electrons. The number of nitrogens with one attached hydrogen (secondary N) is 1. The average molecular weight is 462 g/mol. The van der Waals surface area contributed by atoms with Crippen LogP contribution in [0.2, 0.25) is 5.02 Å². The summed E-state index contributed by atoms with van der Waals surface area (Å²) in [6.07, 6.45) is 3.56. The van der Waals surface area contributed by atoms with Gasteiger partial charge in [0.1, 0.15) is 11.6 Å². The summed E-state index contributed by atoms with van der Waals surface area (Å²) < 4.78 is 0. The molecule has 0 bridgehead atoms. The lowest BCUT2D eigenvalue weighted by Crippen LogP contribution is -2.14. The van der Waals surface area contributed by atoms with E-state index in [1.54, 1.807) is 11.8 Å². The van der Waals surface area contributed by atoms with Crippen molar-refractivity contribution in [2.45, 2.75) is 48.1 Å². The van der Waals surface area contributed by atoms with Crippen molar-refractivity contribution >= 4 is 40.1 Å². The van der Waals surface area contributed by atoms with E-state index in [0.717, 1.165) is 50.7 Å². The van der Waals surface area contributed by atoms with E-state index in [9.17, 15) is 5.11 Å². The molecule has 2 N–H and O–H groups in total. The summed E-state index contributed by atoms with van der Waals surface area (Å²) in [5.41, 5.74) is 3.03. The number of aromatic nitrogens is 2. The van der Waals surface area contributed by atoms with Crippen LogP contribution in [0.25, 0.3) is 10.9 Å². The molecule has 6 heteroatoms. The van der Waals surface area contributed by atoms with Crippen LogP contribution in [-0.2, 0) is 13.2 Å². The highest BCUT2D eigenvalue weighted by Crippen LogP contribution is 2.37. The Morgan fingerprint density at radius 1 is 0.938 bits per heavy atom. The van der Waals surface area contributed by atoms with Gasteiger partial charge in [-0.1, -0.05) is 66.2 Å². The summed E-state index contributed by atoms with van der Waals surface area (Å²) in [4.78, 5) is 11.9. The fourth-order valence-corrected chi connectivity index (χ4v) is 5.12. The fraction of sp³-hybridized carbons (Fsp3) is 0.231. The number of anilines is 1. The van der Waals surface area contributed by atoms with Crippen molar-refractivity contribution in [2.75, 3.05) is 5.32 Å². The highest BCUT2D eigenvalue weighted by molar-refractivity contribution is 7.99. The standard InChI is InChI=1S/C26H24ClN3OS/c27-20-12-13-22-21(14-20)26(30-25(29-22)17-8-5-9-17)28-15-18-6-1-3-10-23(18)32-24-11-4-2-7-19(24)16-31/h1-4,6-7,10-14,17,31H,5,8-9,15-16H2,(H,28,29,30). The molecule has 0 unspecified atom stereocenters. The van der Waals surface area contributed by atoms with Gasteiger partial charge in [0.15, 0.2) is 0 Å². The van der Waals surface area contributed by atoms with Crippen LogP contribution in [0.1, 0.15) is 42.1 Å². The zero-order valence-electron chi connectivity index (χ0n) is 17.6. The van der Waals surface area contributed by atoms with Crippen LogP contribution in [0.3, 0.4) is 0 Å². The normalized spacial score (nSPS) is 13.8. The van der Waals surface area contributed by atoms with Gasteiger partial charge in [0, 0.05) is 32.7 Å². The quantitative estimate of drug-likeness (QED) is 0.316. The van der Waals surface area contributed by atoms with Gasteiger partial charge >= 0.3 is 0 Å². The van der Waals surface area contributed by atoms with Gasteiger partial charge in [-0.25, -0.2) is 9.97 Å². The fourth-order valence-electron chi connectivity index (χ4n) is 3.88. The number of aliphatic hydroxyl groups excluding tert-OH is 1. The van der Waals surface area contributed by atoms with Crippen LogP contribution in [-0.4, -0.2) is 15.1 Å². The lowest BCUT2D eigenvalue weighted by atomic mass is 9.85. The van der Waals surface area contributed by atoms with Gasteiger partial charge in [0.2, 0.25) is 0 Å². The molecule has 3 aromatic carbocycles. The highest BCUT2D eigenvalue weighted by Gasteiger charge is 2.23. The van der Waals surface area contributed by atoms with Gasteiger partial charge in [-0.3, -0.25) is 0 Å². The molecular weight excluding hydrogens is 438 g/mol. The monoisotopic (exact) mass is 461 g/mol. The third-order valence-electron chi connectivity index (χ3n) is 5.93. The Hall–Kier alpha value is -2.60. The third-order valence-corrected chi connectivity index (χ3v) is 7.40. The number of hydrogen-bond donors (Lipinski definition) is 2. The van der Waals surface area contributed by atoms with Crippen molar-refractivity contribution in [1.29, 1.82) is 0 Å². The van der Waals surface area contributed by atoms with Crippen molar-refractivity contribution in [3.05, 3.63) is 88.7 Å². The van der Waals surface area contributed by atoms with Crippen LogP contribution in [0, 0.1) is 0 Å². The van der Waals surface area contributed by atoms with Crippen molar-refractivity contribution in [1.82, 2.24) is 9.97 Å². The third kappa shape index (κ3) is 4.46. The van der Waals surface area contributed by atoms with Gasteiger partial charge in [0.25, 0.3) is 0 Å². The van der Waals surface area contributed by atoms with Gasteiger partial charge in [-0.15, -0.1) is 0 Å². The Kier molecular flexibility index (Phi) is 6.30. The number of hydrogen-bond acceptors (Lipinski definition) is 5. The highest BCUT2D eigenvalue weighted by atomic mass is 35.5. The Morgan fingerprint density at radius 2 is 1.66 bits per heavy atom. The molecule has 1 aliphatic rings. The summed E-state index contributed by atoms with van der Waals surface area (Å²) >= 11 is 7.96. The number of nitrogens with zero attached hydrogens (tertiary/aromatic N) is 2. The number of rotatable bonds is 7. The van der Waals surface area contributed by atoms with Crippen LogP contribution >= 0.6 is 23.4 Å². The first-order valence-corrected chi connectivity index (χ1v) is 12.1. The minimum atomic E-state index is 0.0290. The first kappa shape index (κ1) is 21.3. The van der Waals surface area contributed by atoms with Gasteiger partial charge in [0.05, 0.1) is 12.1 Å². The number of fused-ring (bicyclic) bond motifs is 1. The Morgan fingerprint density at radius 3 is 2.38 bits per heavy atom. The maximum atomic E-state index is 9.69. The molecule has 0 atom stereocenters. The van der Waals surface area contributed by atoms with Crippen molar-refractivity contribution in [3.8, 4) is 0 Å². The van der Waals surface area contributed by atoms with Crippen LogP contribution in [0.5, 0.6) is 0 Å². The van der Waals surface area contributed by atoms with Crippen molar-refractivity contribution in [3.63, 3.8) is 0 Å². The van der Waals surface area contributed by atoms with Crippen LogP contribution < -0.4 is 5.32 Å². The molecule has 1 aliphatic carbocycles. The van der Waals surface area contributed by atoms with Gasteiger partial charge in [-0.2, -0.15) is 0 Å². The topological polar surface area (TPSA) is 58.0 Å². The Balaban J connectivity index is 1.44. The smallest absolute Gasteiger partial charge is 0.137 e. The second-order valence-electron chi connectivity index (χ2n) is 8.05. The van der Waals surface area contributed by atoms with E-state index in [2.05, 4.69) is 17.4 Å². The minimum absolute atomic E-state index is 0.0290. The maximum Gasteiger partial charge on any atom is 0.137 e. The summed E-state index contributed by atoms with van der Waals surface area (Å²) in [6, 6.07) is 22.1. The molecular formula is C26H24ClN3OS. The molecule has 4 nitrogen and oxygen atoms in total. The zero-order valence-corrected chi connectivity index (χ0v) is 19.2. The Labute approximate surface area is 197 Å². The van der Waals surface area contributed by atoms with E-state index in [1.165, 1.54) is 12.0 Å². The second-order valence-corrected chi connectivity index (χ2v) is 9.57. The van der Waals surface area contributed by atoms with E-state index in [4.69, 9.17) is 21.6 Å². The molecule has 0 amide bonds. The number of benzene rings is 3. The van der Waals surface area contributed by atoms with E-state index >= 15 is 0 Å². The second kappa shape index (κ2) is 9.49. The van der Waals surface area contributed by atoms with E-state index < -0.39 is 0 Å². The first-order valence-electron chi connectivity index (χ1n) is 10.9. The molecule has 5 rings (SSSR count). The van der Waals surface area contributed by atoms with Crippen LogP contribution in [0.4, 0.5) is 5.82 Å². The predicted molar refractivity (Wildman–Crippen MR) is 131 cm³/mol. The predicted octanol–water partition coefficient (Wildman–Crippen LogP) is 6.81. The molecule has 0 spiro atoms. The SMILES string of the molecule is OCc1ccccc1Sc1ccccc1CNc1nc(C2CCC2)nc2ccc(Cl)cc12. The maximum absolute atomic E-state index is 9.69. The number of halogens is 1. The summed E-state index contributed by atoms with van der Waals surface area (Å²) in [5.74, 6) is 2.21. The first-order chi connectivity index (χ1) is 15.7. The van der Waals surface area contributed by atoms with E-state index in [0.29, 0.717) is 17.5 Å². The summed E-state index contributed by atoms with van der Waals surface area (Å²) in [5, 5.41) is 14.9. The van der Waals surface area contributed by atoms with Crippen molar-refractivity contribution < 1.29 is 5.11 Å². The van der Waals surface area contributed by atoms with Gasteiger partial charge in [-0.05, 0) is 54.3 Å². The molecule has 1 saturated carbocycles. The molecule has 4 aromatic rings. The molecule has 1 aromatic heterocycles. The molecule has 32 heavy (non-hydrogen) atoms. The lowest BCUT2D eigenvalue weighted by molar-refractivity contribution is 0.279. The summed E-state index contributed by atoms with van der Waals surface area (Å²) in [7, 11) is 0. The number of aliphatic hydroxyl groups is 1. The molecule has 162 valence electrons. The van der Waals surface area contributed by atoms with E-state index in [1.807, 2.05) is 54.6 Å². The lowest BCUT2D eigenvalue weighted by Gasteiger charge is -2.24. The van der Waals surface area contributed by atoms with Crippen molar-refractivity contribution in [2.24, 2.45) is 0 Å². The van der Waals surface area contributed by atoms with Gasteiger partial charge < -0.3 is 10.4 Å². The summed E-state index contributed by atoms with van der Waals surface area (Å²) in [6.45, 7) is 0.661. The molecule has 0 saturated heterocycles. The largest absolute Gasteiger partial charge is 0.392 e. The van der Waals surface area contributed by atoms with Crippen LogP contribution in [0.15, 0.2) is 76.5 Å². The Bertz CT molecular complexity index is 1260. The van der Waals surface area contributed by atoms with E-state index in [-0.39, 0.29) is 6.61 Å².